The molecule has 0 saturated carbocycles. The maximum absolute atomic E-state index is 12.3. The number of halogens is 2. The molecule has 0 aromatic heterocycles. The summed E-state index contributed by atoms with van der Waals surface area (Å²) in [7, 11) is 4.19. The Hall–Kier alpha value is -0.0300. The Morgan fingerprint density at radius 1 is 1.24 bits per heavy atom. The third kappa shape index (κ3) is 6.31. The summed E-state index contributed by atoms with van der Waals surface area (Å²) in [5.41, 5.74) is 0. The largest absolute Gasteiger partial charge is 0.345 e. The molecular weight excluding hydrogens is 309 g/mol. The van der Waals surface area contributed by atoms with Crippen LogP contribution in [0.25, 0.3) is 0 Å². The van der Waals surface area contributed by atoms with E-state index >= 15 is 0 Å². The highest BCUT2D eigenvalue weighted by Gasteiger charge is 2.25. The zero-order valence-corrected chi connectivity index (χ0v) is 15.0. The van der Waals surface area contributed by atoms with E-state index < -0.39 is 0 Å². The second-order valence-electron chi connectivity index (χ2n) is 6.22. The van der Waals surface area contributed by atoms with E-state index in [1.807, 2.05) is 11.9 Å². The van der Waals surface area contributed by atoms with Crippen molar-refractivity contribution in [3.63, 3.8) is 0 Å². The molecule has 2 fully saturated rings. The predicted octanol–water partition coefficient (Wildman–Crippen LogP) is 2.16. The van der Waals surface area contributed by atoms with Crippen molar-refractivity contribution < 1.29 is 4.79 Å². The maximum Gasteiger partial charge on any atom is 0.226 e. The first kappa shape index (κ1) is 21.0. The van der Waals surface area contributed by atoms with Crippen molar-refractivity contribution >= 4 is 30.7 Å². The van der Waals surface area contributed by atoms with Gasteiger partial charge in [-0.05, 0) is 52.2 Å². The number of nitrogens with one attached hydrogen (secondary N) is 1. The molecule has 2 saturated heterocycles. The molecule has 1 N–H and O–H groups in total. The Morgan fingerprint density at radius 2 is 2.00 bits per heavy atom. The summed E-state index contributed by atoms with van der Waals surface area (Å²) >= 11 is 0. The van der Waals surface area contributed by atoms with Gasteiger partial charge in [0.15, 0.2) is 0 Å². The highest BCUT2D eigenvalue weighted by molar-refractivity contribution is 5.85. The molecule has 2 atom stereocenters. The van der Waals surface area contributed by atoms with Crippen LogP contribution in [0.1, 0.15) is 38.5 Å². The van der Waals surface area contributed by atoms with Gasteiger partial charge in [-0.3, -0.25) is 4.79 Å². The molecule has 0 aliphatic carbocycles. The van der Waals surface area contributed by atoms with Crippen LogP contribution in [0.4, 0.5) is 0 Å². The van der Waals surface area contributed by atoms with Crippen molar-refractivity contribution in [3.05, 3.63) is 0 Å². The van der Waals surface area contributed by atoms with Gasteiger partial charge in [-0.15, -0.1) is 24.8 Å². The Balaban J connectivity index is 0.00000200. The topological polar surface area (TPSA) is 35.6 Å². The maximum atomic E-state index is 12.3. The lowest BCUT2D eigenvalue weighted by molar-refractivity contribution is -0.134. The number of rotatable bonds is 4. The summed E-state index contributed by atoms with van der Waals surface area (Å²) in [6.45, 7) is 4.06. The molecule has 126 valence electrons. The summed E-state index contributed by atoms with van der Waals surface area (Å²) in [5, 5.41) is 3.33. The van der Waals surface area contributed by atoms with E-state index in [1.54, 1.807) is 0 Å². The van der Waals surface area contributed by atoms with Crippen molar-refractivity contribution in [1.82, 2.24) is 15.1 Å². The van der Waals surface area contributed by atoms with Gasteiger partial charge in [0.05, 0.1) is 5.92 Å². The molecule has 0 bridgehead atoms. The van der Waals surface area contributed by atoms with Gasteiger partial charge in [0.2, 0.25) is 5.91 Å². The molecule has 4 nitrogen and oxygen atoms in total. The lowest BCUT2D eigenvalue weighted by Crippen LogP contribution is -2.43. The van der Waals surface area contributed by atoms with Crippen LogP contribution in [0.5, 0.6) is 0 Å². The van der Waals surface area contributed by atoms with Gasteiger partial charge >= 0.3 is 0 Å². The van der Waals surface area contributed by atoms with Gasteiger partial charge < -0.3 is 15.1 Å². The highest BCUT2D eigenvalue weighted by atomic mass is 35.5. The minimum atomic E-state index is 0. The normalized spacial score (nSPS) is 26.4. The number of nitrogens with zero attached hydrogens (tertiary/aromatic N) is 2. The molecule has 1 amide bonds. The lowest BCUT2D eigenvalue weighted by atomic mass is 9.97. The first-order valence-corrected chi connectivity index (χ1v) is 7.84. The smallest absolute Gasteiger partial charge is 0.226 e. The fourth-order valence-corrected chi connectivity index (χ4v) is 3.34. The van der Waals surface area contributed by atoms with Gasteiger partial charge in [0.25, 0.3) is 0 Å². The molecular formula is C15H31Cl2N3O. The predicted molar refractivity (Wildman–Crippen MR) is 92.6 cm³/mol. The molecule has 2 aliphatic rings. The lowest BCUT2D eigenvalue weighted by Gasteiger charge is -2.34. The molecule has 21 heavy (non-hydrogen) atoms. The SMILES string of the molecule is CN(CCC1CCCCN1C)C(=O)C1CCCNC1.Cl.Cl. The number of likely N-dealkylation sites (tertiary alicyclic amines) is 1. The zero-order chi connectivity index (χ0) is 13.7. The molecule has 2 aliphatic heterocycles. The van der Waals surface area contributed by atoms with Crippen LogP contribution in [0.2, 0.25) is 0 Å². The fourth-order valence-electron chi connectivity index (χ4n) is 3.34. The first-order valence-electron chi connectivity index (χ1n) is 7.84. The van der Waals surface area contributed by atoms with Gasteiger partial charge in [-0.1, -0.05) is 6.42 Å². The Morgan fingerprint density at radius 3 is 2.62 bits per heavy atom. The molecule has 6 heteroatoms. The molecule has 0 radical (unpaired) electrons. The highest BCUT2D eigenvalue weighted by Crippen LogP contribution is 2.19. The van der Waals surface area contributed by atoms with Crippen LogP contribution < -0.4 is 5.32 Å². The standard InChI is InChI=1S/C15H29N3O.2ClH/c1-17-10-4-3-7-14(17)8-11-18(2)15(19)13-6-5-9-16-12-13;;/h13-14,16H,3-12H2,1-2H3;2*1H. The van der Waals surface area contributed by atoms with Crippen LogP contribution in [0, 0.1) is 5.92 Å². The van der Waals surface area contributed by atoms with E-state index in [0.29, 0.717) is 11.9 Å². The van der Waals surface area contributed by atoms with Gasteiger partial charge in [0.1, 0.15) is 0 Å². The second kappa shape index (κ2) is 10.7. The van der Waals surface area contributed by atoms with E-state index in [1.165, 1.54) is 25.8 Å². The van der Waals surface area contributed by atoms with Gasteiger partial charge in [-0.2, -0.15) is 0 Å². The summed E-state index contributed by atoms with van der Waals surface area (Å²) < 4.78 is 0. The minimum absolute atomic E-state index is 0. The quantitative estimate of drug-likeness (QED) is 0.852. The Bertz CT molecular complexity index is 299. The van der Waals surface area contributed by atoms with E-state index in [9.17, 15) is 4.79 Å². The third-order valence-corrected chi connectivity index (χ3v) is 4.74. The van der Waals surface area contributed by atoms with Crippen LogP contribution >= 0.6 is 24.8 Å². The Kier molecular flexibility index (Phi) is 10.6. The van der Waals surface area contributed by atoms with Crippen molar-refractivity contribution in [3.8, 4) is 0 Å². The molecule has 2 rings (SSSR count). The average Bonchev–Trinajstić information content (AvgIpc) is 2.46. The zero-order valence-electron chi connectivity index (χ0n) is 13.3. The first-order chi connectivity index (χ1) is 9.18. The van der Waals surface area contributed by atoms with Crippen molar-refractivity contribution in [2.24, 2.45) is 5.92 Å². The van der Waals surface area contributed by atoms with Crippen molar-refractivity contribution in [1.29, 1.82) is 0 Å². The third-order valence-electron chi connectivity index (χ3n) is 4.74. The number of amides is 1. The van der Waals surface area contributed by atoms with E-state index in [2.05, 4.69) is 17.3 Å². The summed E-state index contributed by atoms with van der Waals surface area (Å²) in [5.74, 6) is 0.550. The number of hydrogen-bond donors (Lipinski definition) is 1. The van der Waals surface area contributed by atoms with Gasteiger partial charge in [-0.25, -0.2) is 0 Å². The van der Waals surface area contributed by atoms with Crippen LogP contribution in [-0.2, 0) is 4.79 Å². The summed E-state index contributed by atoms with van der Waals surface area (Å²) in [6, 6.07) is 0.675. The average molecular weight is 340 g/mol. The molecule has 0 aromatic rings. The fraction of sp³-hybridized carbons (Fsp3) is 0.933. The monoisotopic (exact) mass is 339 g/mol. The second-order valence-corrected chi connectivity index (χ2v) is 6.22. The summed E-state index contributed by atoms with van der Waals surface area (Å²) in [4.78, 5) is 16.7. The number of hydrogen-bond acceptors (Lipinski definition) is 3. The summed E-state index contributed by atoms with van der Waals surface area (Å²) in [6.07, 6.45) is 7.28. The minimum Gasteiger partial charge on any atom is -0.345 e. The van der Waals surface area contributed by atoms with Gasteiger partial charge in [0, 0.05) is 26.2 Å². The Labute approximate surface area is 141 Å². The van der Waals surface area contributed by atoms with E-state index in [4.69, 9.17) is 0 Å². The van der Waals surface area contributed by atoms with E-state index in [-0.39, 0.29) is 30.7 Å². The molecule has 0 aromatic carbocycles. The van der Waals surface area contributed by atoms with Crippen LogP contribution in [0.3, 0.4) is 0 Å². The molecule has 2 unspecified atom stereocenters. The van der Waals surface area contributed by atoms with Crippen LogP contribution in [0.15, 0.2) is 0 Å². The number of carbonyl (C=O) groups is 1. The number of piperidine rings is 2. The number of carbonyl (C=O) groups excluding carboxylic acids is 1. The van der Waals surface area contributed by atoms with Crippen molar-refractivity contribution in [2.45, 2.75) is 44.6 Å². The molecule has 0 spiro atoms. The van der Waals surface area contributed by atoms with E-state index in [0.717, 1.165) is 38.9 Å². The molecule has 2 heterocycles. The van der Waals surface area contributed by atoms with Crippen LogP contribution in [-0.4, -0.2) is 62.0 Å². The van der Waals surface area contributed by atoms with Crippen molar-refractivity contribution in [2.75, 3.05) is 40.3 Å².